The Morgan fingerprint density at radius 1 is 1.26 bits per heavy atom. The Kier molecular flexibility index (Phi) is 4.20. The number of nitrogens with one attached hydrogen (secondary N) is 1. The predicted molar refractivity (Wildman–Crippen MR) is 78.5 cm³/mol. The maximum absolute atomic E-state index is 5.48. The minimum Gasteiger partial charge on any atom is -0.497 e. The second-order valence-corrected chi connectivity index (χ2v) is 5.37. The van der Waals surface area contributed by atoms with Gasteiger partial charge in [0.15, 0.2) is 0 Å². The molecule has 19 heavy (non-hydrogen) atoms. The van der Waals surface area contributed by atoms with E-state index in [1.165, 1.54) is 12.8 Å². The van der Waals surface area contributed by atoms with Gasteiger partial charge in [0.05, 0.1) is 19.9 Å². The monoisotopic (exact) mass is 264 g/mol. The molecule has 0 aromatic heterocycles. The molecule has 0 bridgehead atoms. The maximum Gasteiger partial charge on any atom is 0.142 e. The second-order valence-electron chi connectivity index (χ2n) is 5.37. The molecule has 0 aliphatic carbocycles. The van der Waals surface area contributed by atoms with Crippen LogP contribution in [0.4, 0.5) is 5.69 Å². The lowest BCUT2D eigenvalue weighted by molar-refractivity contribution is 0.313. The third-order valence-electron chi connectivity index (χ3n) is 4.03. The number of hydrogen-bond acceptors (Lipinski definition) is 4. The lowest BCUT2D eigenvalue weighted by Crippen LogP contribution is -2.53. The molecule has 0 radical (unpaired) electrons. The molecule has 1 saturated heterocycles. The van der Waals surface area contributed by atoms with Gasteiger partial charge in [-0.3, -0.25) is 0 Å². The van der Waals surface area contributed by atoms with E-state index in [1.54, 1.807) is 14.2 Å². The van der Waals surface area contributed by atoms with Crippen LogP contribution < -0.4 is 19.7 Å². The Labute approximate surface area is 115 Å². The van der Waals surface area contributed by atoms with Crippen LogP contribution in [0.5, 0.6) is 11.5 Å². The Bertz CT molecular complexity index is 436. The van der Waals surface area contributed by atoms with Crippen molar-refractivity contribution in [1.29, 1.82) is 0 Å². The zero-order chi connectivity index (χ0) is 13.9. The fraction of sp³-hybridized carbons (Fsp3) is 0.600. The van der Waals surface area contributed by atoms with Crippen molar-refractivity contribution in [2.75, 3.05) is 39.3 Å². The topological polar surface area (TPSA) is 33.7 Å². The van der Waals surface area contributed by atoms with Crippen LogP contribution in [-0.2, 0) is 0 Å². The van der Waals surface area contributed by atoms with Crippen molar-refractivity contribution in [3.05, 3.63) is 18.2 Å². The van der Waals surface area contributed by atoms with Crippen molar-refractivity contribution in [1.82, 2.24) is 5.32 Å². The van der Waals surface area contributed by atoms with Gasteiger partial charge in [-0.25, -0.2) is 0 Å². The van der Waals surface area contributed by atoms with Crippen molar-refractivity contribution >= 4 is 5.69 Å². The fourth-order valence-electron chi connectivity index (χ4n) is 2.69. The fourth-order valence-corrected chi connectivity index (χ4v) is 2.69. The Morgan fingerprint density at radius 2 is 2.05 bits per heavy atom. The summed E-state index contributed by atoms with van der Waals surface area (Å²) in [7, 11) is 5.44. The van der Waals surface area contributed by atoms with Crippen LogP contribution in [0.3, 0.4) is 0 Å². The number of rotatable bonds is 4. The van der Waals surface area contributed by atoms with E-state index in [2.05, 4.69) is 23.2 Å². The van der Waals surface area contributed by atoms with E-state index in [0.29, 0.717) is 0 Å². The minimum atomic E-state index is 0.159. The molecule has 1 unspecified atom stereocenters. The highest BCUT2D eigenvalue weighted by Gasteiger charge is 2.30. The Balaban J connectivity index is 2.29. The van der Waals surface area contributed by atoms with E-state index >= 15 is 0 Å². The summed E-state index contributed by atoms with van der Waals surface area (Å²) >= 11 is 0. The van der Waals surface area contributed by atoms with Gasteiger partial charge in [-0.2, -0.15) is 0 Å². The van der Waals surface area contributed by atoms with E-state index < -0.39 is 0 Å². The van der Waals surface area contributed by atoms with Gasteiger partial charge in [0, 0.05) is 24.7 Å². The van der Waals surface area contributed by atoms with Gasteiger partial charge < -0.3 is 19.7 Å². The number of piperidine rings is 1. The van der Waals surface area contributed by atoms with Crippen molar-refractivity contribution in [2.24, 2.45) is 0 Å². The summed E-state index contributed by atoms with van der Waals surface area (Å²) in [6.45, 7) is 4.31. The van der Waals surface area contributed by atoms with Crippen molar-refractivity contribution in [3.8, 4) is 11.5 Å². The molecule has 1 heterocycles. The van der Waals surface area contributed by atoms with Gasteiger partial charge in [-0.15, -0.1) is 0 Å². The molecule has 106 valence electrons. The number of methoxy groups -OCH3 is 2. The standard InChI is InChI=1S/C15H24N2O2/c1-15(16-2)8-5-9-17(11-15)13-10-12(18-3)6-7-14(13)19-4/h6-7,10,16H,5,8-9,11H2,1-4H3. The van der Waals surface area contributed by atoms with E-state index in [-0.39, 0.29) is 5.54 Å². The summed E-state index contributed by atoms with van der Waals surface area (Å²) in [5.74, 6) is 1.77. The lowest BCUT2D eigenvalue weighted by Gasteiger charge is -2.42. The molecule has 1 aromatic rings. The summed E-state index contributed by atoms with van der Waals surface area (Å²) in [6, 6.07) is 5.96. The highest BCUT2D eigenvalue weighted by molar-refractivity contribution is 5.62. The maximum atomic E-state index is 5.48. The van der Waals surface area contributed by atoms with Gasteiger partial charge in [-0.1, -0.05) is 0 Å². The number of hydrogen-bond donors (Lipinski definition) is 1. The third kappa shape index (κ3) is 2.95. The zero-order valence-corrected chi connectivity index (χ0v) is 12.3. The smallest absolute Gasteiger partial charge is 0.142 e. The van der Waals surface area contributed by atoms with Crippen LogP contribution in [0.25, 0.3) is 0 Å². The van der Waals surface area contributed by atoms with Crippen molar-refractivity contribution in [2.45, 2.75) is 25.3 Å². The third-order valence-corrected chi connectivity index (χ3v) is 4.03. The summed E-state index contributed by atoms with van der Waals surface area (Å²) < 4.78 is 10.8. The molecule has 2 rings (SSSR count). The highest BCUT2D eigenvalue weighted by Crippen LogP contribution is 2.35. The average Bonchev–Trinajstić information content (AvgIpc) is 2.46. The van der Waals surface area contributed by atoms with Crippen LogP contribution in [0.1, 0.15) is 19.8 Å². The molecule has 0 spiro atoms. The SMILES string of the molecule is CNC1(C)CCCN(c2cc(OC)ccc2OC)C1. The number of benzene rings is 1. The molecule has 0 saturated carbocycles. The van der Waals surface area contributed by atoms with Crippen LogP contribution in [0.2, 0.25) is 0 Å². The Hall–Kier alpha value is -1.42. The van der Waals surface area contributed by atoms with Gasteiger partial charge >= 0.3 is 0 Å². The van der Waals surface area contributed by atoms with Crippen molar-refractivity contribution < 1.29 is 9.47 Å². The van der Waals surface area contributed by atoms with Gasteiger partial charge in [0.1, 0.15) is 11.5 Å². The first-order chi connectivity index (χ1) is 9.11. The predicted octanol–water partition coefficient (Wildman–Crippen LogP) is 2.28. The molecule has 4 nitrogen and oxygen atoms in total. The Morgan fingerprint density at radius 3 is 2.68 bits per heavy atom. The van der Waals surface area contributed by atoms with E-state index in [0.717, 1.165) is 30.3 Å². The zero-order valence-electron chi connectivity index (χ0n) is 12.3. The second kappa shape index (κ2) is 5.70. The van der Waals surface area contributed by atoms with E-state index in [4.69, 9.17) is 9.47 Å². The number of nitrogens with zero attached hydrogens (tertiary/aromatic N) is 1. The normalized spacial score (nSPS) is 23.3. The average molecular weight is 264 g/mol. The number of likely N-dealkylation sites (N-methyl/N-ethyl adjacent to an activating group) is 1. The summed E-state index contributed by atoms with van der Waals surface area (Å²) in [5.41, 5.74) is 1.27. The van der Waals surface area contributed by atoms with Crippen LogP contribution in [-0.4, -0.2) is 39.9 Å². The van der Waals surface area contributed by atoms with Crippen LogP contribution in [0, 0.1) is 0 Å². The molecule has 1 atom stereocenters. The quantitative estimate of drug-likeness (QED) is 0.904. The van der Waals surface area contributed by atoms with E-state index in [1.807, 2.05) is 19.2 Å². The summed E-state index contributed by atoms with van der Waals surface area (Å²) in [5, 5.41) is 3.43. The molecule has 0 amide bonds. The largest absolute Gasteiger partial charge is 0.497 e. The summed E-state index contributed by atoms with van der Waals surface area (Å²) in [6.07, 6.45) is 2.38. The number of anilines is 1. The van der Waals surface area contributed by atoms with Crippen molar-refractivity contribution in [3.63, 3.8) is 0 Å². The lowest BCUT2D eigenvalue weighted by atomic mass is 9.91. The highest BCUT2D eigenvalue weighted by atomic mass is 16.5. The van der Waals surface area contributed by atoms with E-state index in [9.17, 15) is 0 Å². The molecule has 1 fully saturated rings. The first kappa shape index (κ1) is 14.0. The molecular formula is C15H24N2O2. The van der Waals surface area contributed by atoms with Crippen LogP contribution in [0.15, 0.2) is 18.2 Å². The van der Waals surface area contributed by atoms with Crippen LogP contribution >= 0.6 is 0 Å². The molecule has 1 N–H and O–H groups in total. The molecule has 4 heteroatoms. The van der Waals surface area contributed by atoms with Gasteiger partial charge in [0.25, 0.3) is 0 Å². The molecule has 1 aliphatic rings. The van der Waals surface area contributed by atoms with Gasteiger partial charge in [-0.05, 0) is 38.9 Å². The number of ether oxygens (including phenoxy) is 2. The first-order valence-electron chi connectivity index (χ1n) is 6.78. The molecule has 1 aromatic carbocycles. The molecule has 1 aliphatic heterocycles. The summed E-state index contributed by atoms with van der Waals surface area (Å²) in [4.78, 5) is 2.38. The molecular weight excluding hydrogens is 240 g/mol. The minimum absolute atomic E-state index is 0.159. The van der Waals surface area contributed by atoms with Gasteiger partial charge in [0.2, 0.25) is 0 Å². The first-order valence-corrected chi connectivity index (χ1v) is 6.78.